The first-order valence-electron chi connectivity index (χ1n) is 14.7. The second kappa shape index (κ2) is 32.3. The van der Waals surface area contributed by atoms with Crippen molar-refractivity contribution in [2.24, 2.45) is 0 Å². The fourth-order valence-electron chi connectivity index (χ4n) is 2.95. The number of rotatable bonds is 29. The van der Waals surface area contributed by atoms with Crippen LogP contribution < -0.4 is 0 Å². The van der Waals surface area contributed by atoms with Crippen LogP contribution in [0.5, 0.6) is 0 Å². The summed E-state index contributed by atoms with van der Waals surface area (Å²) in [6.45, 7) is 2.18. The third kappa shape index (κ3) is 28.8. The molecule has 0 bridgehead atoms. The summed E-state index contributed by atoms with van der Waals surface area (Å²) < 4.78 is 25.3. The highest BCUT2D eigenvalue weighted by Crippen LogP contribution is 2.20. The number of nitrogens with zero attached hydrogens (tertiary/aromatic N) is 2. The van der Waals surface area contributed by atoms with Crippen molar-refractivity contribution in [3.63, 3.8) is 0 Å². The van der Waals surface area contributed by atoms with Crippen molar-refractivity contribution in [2.75, 3.05) is 90.0 Å². The zero-order valence-corrected chi connectivity index (χ0v) is 29.1. The summed E-state index contributed by atoms with van der Waals surface area (Å²) in [7, 11) is 4.44. The van der Waals surface area contributed by atoms with Gasteiger partial charge in [-0.25, -0.2) is 19.2 Å². The van der Waals surface area contributed by atoms with Gasteiger partial charge >= 0.3 is 23.9 Å². The van der Waals surface area contributed by atoms with E-state index in [0.717, 1.165) is 0 Å². The summed E-state index contributed by atoms with van der Waals surface area (Å²) in [6, 6.07) is 0. The molecular weight excluding hydrogens is 661 g/mol. The van der Waals surface area contributed by atoms with Gasteiger partial charge in [0, 0.05) is 99.8 Å². The Labute approximate surface area is 284 Å². The number of methoxy groups -OCH3 is 1. The highest BCUT2D eigenvalue weighted by Gasteiger charge is 2.04. The molecule has 0 spiro atoms. The maximum absolute atomic E-state index is 12.1. The van der Waals surface area contributed by atoms with Crippen molar-refractivity contribution in [2.45, 2.75) is 25.7 Å². The van der Waals surface area contributed by atoms with E-state index in [1.807, 2.05) is 6.26 Å². The van der Waals surface area contributed by atoms with Gasteiger partial charge in [0.05, 0.1) is 6.61 Å². The monoisotopic (exact) mass is 708 g/mol. The van der Waals surface area contributed by atoms with Crippen LogP contribution >= 0.6 is 33.3 Å². The van der Waals surface area contributed by atoms with Gasteiger partial charge in [-0.15, -0.1) is 0 Å². The minimum Gasteiger partial charge on any atom is -0.462 e. The van der Waals surface area contributed by atoms with Gasteiger partial charge in [0.2, 0.25) is 0 Å². The molecule has 0 amide bonds. The largest absolute Gasteiger partial charge is 0.462 e. The average Bonchev–Trinajstić information content (AvgIpc) is 3.04. The first-order valence-corrected chi connectivity index (χ1v) is 18.6. The van der Waals surface area contributed by atoms with E-state index in [2.05, 4.69) is 0 Å². The fraction of sp³-hybridized carbons (Fsp3) is 0.600. The van der Waals surface area contributed by atoms with Crippen molar-refractivity contribution in [1.82, 2.24) is 9.80 Å². The van der Waals surface area contributed by atoms with Gasteiger partial charge in [0.1, 0.15) is 26.4 Å². The molecule has 0 aliphatic carbocycles. The van der Waals surface area contributed by atoms with Crippen LogP contribution in [0.15, 0.2) is 49.1 Å². The van der Waals surface area contributed by atoms with Crippen molar-refractivity contribution >= 4 is 57.2 Å². The number of aliphatic hydroxyl groups excluding tert-OH is 2. The SMILES string of the molecule is COCCOC(=O)/C=C/N(/C=C/C(=O)OCCSSCCOC(=O)/C=C/N(/C=C/C(=O)OCCSC)CCCCO)CCCCO. The molecule has 0 aliphatic heterocycles. The lowest BCUT2D eigenvalue weighted by molar-refractivity contribution is -0.139. The summed E-state index contributed by atoms with van der Waals surface area (Å²) in [5, 5.41) is 18.0. The number of hydrogen-bond donors (Lipinski definition) is 2. The second-order valence-corrected chi connectivity index (χ2v) is 12.6. The smallest absolute Gasteiger partial charge is 0.332 e. The first-order chi connectivity index (χ1) is 22.4. The Morgan fingerprint density at radius 2 is 0.935 bits per heavy atom. The Bertz CT molecular complexity index is 875. The maximum Gasteiger partial charge on any atom is 0.332 e. The van der Waals surface area contributed by atoms with E-state index in [0.29, 0.717) is 69.2 Å². The molecule has 0 atom stereocenters. The van der Waals surface area contributed by atoms with Gasteiger partial charge < -0.3 is 43.7 Å². The molecule has 0 heterocycles. The van der Waals surface area contributed by atoms with E-state index < -0.39 is 23.9 Å². The molecule has 0 radical (unpaired) electrons. The predicted molar refractivity (Wildman–Crippen MR) is 182 cm³/mol. The van der Waals surface area contributed by atoms with Crippen LogP contribution in [0.3, 0.4) is 0 Å². The molecule has 0 saturated carbocycles. The standard InChI is InChI=1S/C30H48N2O11S3/c1-39-19-20-40-27(35)7-13-31(11-3-5-17-33)15-9-29(37)42-22-25-45-46-26-23-43-30(38)10-16-32(12-4-6-18-34)14-8-28(36)41-21-24-44-2/h7-10,13-16,33-34H,3-6,11-12,17-26H2,1-2H3/b13-7+,14-8+,15-9+,16-10+. The number of carbonyl (C=O) groups is 4. The Balaban J connectivity index is 4.37. The summed E-state index contributed by atoms with van der Waals surface area (Å²) >= 11 is 1.57. The number of esters is 4. The van der Waals surface area contributed by atoms with E-state index >= 15 is 0 Å². The minimum absolute atomic E-state index is 0.0419. The van der Waals surface area contributed by atoms with E-state index in [1.165, 1.54) is 77.8 Å². The van der Waals surface area contributed by atoms with Crippen LogP contribution in [0, 0.1) is 0 Å². The topological polar surface area (TPSA) is 161 Å². The molecule has 0 rings (SSSR count). The summed E-state index contributed by atoms with van der Waals surface area (Å²) in [6.07, 6.45) is 15.5. The molecule has 16 heteroatoms. The molecule has 0 aromatic heterocycles. The summed E-state index contributed by atoms with van der Waals surface area (Å²) in [5.41, 5.74) is 0. The minimum atomic E-state index is -0.540. The van der Waals surface area contributed by atoms with Gasteiger partial charge in [-0.2, -0.15) is 11.8 Å². The van der Waals surface area contributed by atoms with Crippen molar-refractivity contribution in [3.8, 4) is 0 Å². The first kappa shape index (κ1) is 43.4. The molecule has 262 valence electrons. The van der Waals surface area contributed by atoms with Crippen LogP contribution in [0.2, 0.25) is 0 Å². The van der Waals surface area contributed by atoms with Gasteiger partial charge in [0.25, 0.3) is 0 Å². The molecule has 0 unspecified atom stereocenters. The second-order valence-electron chi connectivity index (χ2n) is 8.90. The molecule has 0 aromatic rings. The number of unbranched alkanes of at least 4 members (excludes halogenated alkanes) is 2. The predicted octanol–water partition coefficient (Wildman–Crippen LogP) is 2.75. The Morgan fingerprint density at radius 1 is 0.565 bits per heavy atom. The third-order valence-electron chi connectivity index (χ3n) is 5.23. The van der Waals surface area contributed by atoms with Crippen molar-refractivity contribution in [3.05, 3.63) is 49.1 Å². The van der Waals surface area contributed by atoms with Crippen LogP contribution in [0.1, 0.15) is 25.7 Å². The number of thioether (sulfide) groups is 1. The number of aliphatic hydroxyl groups is 2. The Kier molecular flexibility index (Phi) is 30.5. The van der Waals surface area contributed by atoms with Crippen LogP contribution in [0.25, 0.3) is 0 Å². The number of carbonyl (C=O) groups excluding carboxylic acids is 4. The lowest BCUT2D eigenvalue weighted by Crippen LogP contribution is -2.15. The average molecular weight is 709 g/mol. The van der Waals surface area contributed by atoms with Gasteiger partial charge in [0.15, 0.2) is 0 Å². The van der Waals surface area contributed by atoms with E-state index in [1.54, 1.807) is 21.6 Å². The normalized spacial score (nSPS) is 11.5. The molecule has 0 aromatic carbocycles. The van der Waals surface area contributed by atoms with Crippen molar-refractivity contribution < 1.29 is 53.1 Å². The lowest BCUT2D eigenvalue weighted by atomic mass is 10.3. The molecular formula is C30H48N2O11S3. The molecule has 0 aliphatic rings. The van der Waals surface area contributed by atoms with Crippen LogP contribution in [-0.2, 0) is 42.9 Å². The van der Waals surface area contributed by atoms with Gasteiger partial charge in [-0.05, 0) is 31.9 Å². The quantitative estimate of drug-likeness (QED) is 0.0383. The number of hydrogen-bond acceptors (Lipinski definition) is 16. The molecule has 13 nitrogen and oxygen atoms in total. The third-order valence-corrected chi connectivity index (χ3v) is 8.13. The Morgan fingerprint density at radius 3 is 1.28 bits per heavy atom. The zero-order chi connectivity index (χ0) is 34.1. The van der Waals surface area contributed by atoms with E-state index in [4.69, 9.17) is 33.9 Å². The molecule has 0 fully saturated rings. The molecule has 0 saturated heterocycles. The van der Waals surface area contributed by atoms with E-state index in [9.17, 15) is 19.2 Å². The van der Waals surface area contributed by atoms with Gasteiger partial charge in [-0.3, -0.25) is 0 Å². The van der Waals surface area contributed by atoms with Crippen LogP contribution in [-0.4, -0.2) is 134 Å². The highest BCUT2D eigenvalue weighted by molar-refractivity contribution is 8.76. The van der Waals surface area contributed by atoms with Gasteiger partial charge in [-0.1, -0.05) is 21.6 Å². The Hall–Kier alpha value is -2.63. The highest BCUT2D eigenvalue weighted by atomic mass is 33.1. The van der Waals surface area contributed by atoms with E-state index in [-0.39, 0.29) is 33.0 Å². The maximum atomic E-state index is 12.1. The summed E-state index contributed by atoms with van der Waals surface area (Å²) in [5.74, 6) is -0.317. The summed E-state index contributed by atoms with van der Waals surface area (Å²) in [4.78, 5) is 51.0. The molecule has 46 heavy (non-hydrogen) atoms. The lowest BCUT2D eigenvalue weighted by Gasteiger charge is -2.15. The van der Waals surface area contributed by atoms with Crippen molar-refractivity contribution in [1.29, 1.82) is 0 Å². The fourth-order valence-corrected chi connectivity index (χ4v) is 4.85. The number of ether oxygens (including phenoxy) is 5. The molecule has 2 N–H and O–H groups in total. The van der Waals surface area contributed by atoms with Crippen LogP contribution in [0.4, 0.5) is 0 Å². The zero-order valence-electron chi connectivity index (χ0n) is 26.6.